The lowest BCUT2D eigenvalue weighted by atomic mass is 9.84. The molecule has 0 heterocycles. The van der Waals surface area contributed by atoms with E-state index in [0.29, 0.717) is 12.3 Å². The van der Waals surface area contributed by atoms with Gasteiger partial charge < -0.3 is 5.11 Å². The van der Waals surface area contributed by atoms with Crippen LogP contribution in [0.5, 0.6) is 0 Å². The molecule has 1 atom stereocenters. The monoisotopic (exact) mass is 314 g/mol. The van der Waals surface area contributed by atoms with Crippen molar-refractivity contribution in [3.05, 3.63) is 34.1 Å². The molecule has 0 saturated heterocycles. The fourth-order valence-corrected chi connectivity index (χ4v) is 3.25. The molecule has 1 aliphatic rings. The molecule has 1 saturated carbocycles. The molecule has 1 aromatic rings. The third kappa shape index (κ3) is 4.06. The van der Waals surface area contributed by atoms with E-state index in [-0.39, 0.29) is 11.9 Å². The average molecular weight is 315 g/mol. The molecule has 0 radical (unpaired) electrons. The molecule has 0 amide bonds. The van der Waals surface area contributed by atoms with Crippen LogP contribution in [-0.2, 0) is 6.42 Å². The third-order valence-electron chi connectivity index (χ3n) is 3.79. The standard InChI is InChI=1S/C15H20BrFO/c16-15-7-6-13(17)9-12(15)10-14(18)8-11-4-2-1-3-5-11/h6-7,9,11,14,18H,1-5,8,10H2. The summed E-state index contributed by atoms with van der Waals surface area (Å²) in [5, 5.41) is 10.1. The second-order valence-corrected chi connectivity index (χ2v) is 6.19. The lowest BCUT2D eigenvalue weighted by Crippen LogP contribution is -2.18. The lowest BCUT2D eigenvalue weighted by molar-refractivity contribution is 0.130. The van der Waals surface area contributed by atoms with Gasteiger partial charge in [0.05, 0.1) is 6.10 Å². The van der Waals surface area contributed by atoms with Gasteiger partial charge in [-0.25, -0.2) is 4.39 Å². The Morgan fingerprint density at radius 1 is 1.28 bits per heavy atom. The van der Waals surface area contributed by atoms with Crippen molar-refractivity contribution < 1.29 is 9.50 Å². The van der Waals surface area contributed by atoms with Crippen molar-refractivity contribution in [3.63, 3.8) is 0 Å². The van der Waals surface area contributed by atoms with Crippen molar-refractivity contribution in [3.8, 4) is 0 Å². The Morgan fingerprint density at radius 3 is 2.72 bits per heavy atom. The minimum Gasteiger partial charge on any atom is -0.393 e. The van der Waals surface area contributed by atoms with E-state index in [1.807, 2.05) is 0 Å². The summed E-state index contributed by atoms with van der Waals surface area (Å²) in [6.45, 7) is 0. The van der Waals surface area contributed by atoms with Crippen LogP contribution in [0.1, 0.15) is 44.1 Å². The number of aliphatic hydroxyl groups excluding tert-OH is 1. The zero-order valence-electron chi connectivity index (χ0n) is 10.5. The number of hydrogen-bond donors (Lipinski definition) is 1. The molecule has 1 fully saturated rings. The highest BCUT2D eigenvalue weighted by molar-refractivity contribution is 9.10. The van der Waals surface area contributed by atoms with Crippen LogP contribution in [-0.4, -0.2) is 11.2 Å². The molecular formula is C15H20BrFO. The van der Waals surface area contributed by atoms with Gasteiger partial charge in [0.15, 0.2) is 0 Å². The minimum absolute atomic E-state index is 0.238. The normalized spacial score (nSPS) is 18.8. The largest absolute Gasteiger partial charge is 0.393 e. The fourth-order valence-electron chi connectivity index (χ4n) is 2.84. The summed E-state index contributed by atoms with van der Waals surface area (Å²) in [5.74, 6) is 0.416. The van der Waals surface area contributed by atoms with Gasteiger partial charge in [0.1, 0.15) is 5.82 Å². The van der Waals surface area contributed by atoms with Crippen LogP contribution in [0.4, 0.5) is 4.39 Å². The minimum atomic E-state index is -0.355. The quantitative estimate of drug-likeness (QED) is 0.869. The zero-order valence-corrected chi connectivity index (χ0v) is 12.1. The van der Waals surface area contributed by atoms with Crippen LogP contribution in [0.3, 0.4) is 0 Å². The van der Waals surface area contributed by atoms with Crippen LogP contribution in [0.25, 0.3) is 0 Å². The van der Waals surface area contributed by atoms with Crippen LogP contribution in [0.2, 0.25) is 0 Å². The van der Waals surface area contributed by atoms with E-state index in [1.165, 1.54) is 44.2 Å². The molecule has 1 N–H and O–H groups in total. The predicted molar refractivity (Wildman–Crippen MR) is 75.0 cm³/mol. The van der Waals surface area contributed by atoms with E-state index in [2.05, 4.69) is 15.9 Å². The molecule has 1 nitrogen and oxygen atoms in total. The summed E-state index contributed by atoms with van der Waals surface area (Å²) < 4.78 is 14.0. The molecule has 1 aliphatic carbocycles. The van der Waals surface area contributed by atoms with Gasteiger partial charge in [-0.3, -0.25) is 0 Å². The Kier molecular flexibility index (Phi) is 5.19. The lowest BCUT2D eigenvalue weighted by Gasteiger charge is -2.24. The molecule has 18 heavy (non-hydrogen) atoms. The first-order chi connectivity index (χ1) is 8.65. The van der Waals surface area contributed by atoms with Crippen molar-refractivity contribution in [2.75, 3.05) is 0 Å². The van der Waals surface area contributed by atoms with Gasteiger partial charge >= 0.3 is 0 Å². The molecule has 0 aliphatic heterocycles. The Labute approximate surface area is 117 Å². The molecule has 0 spiro atoms. The molecule has 2 rings (SSSR count). The average Bonchev–Trinajstić information content (AvgIpc) is 2.35. The van der Waals surface area contributed by atoms with Crippen molar-refractivity contribution >= 4 is 15.9 Å². The third-order valence-corrected chi connectivity index (χ3v) is 4.57. The highest BCUT2D eigenvalue weighted by atomic mass is 79.9. The Morgan fingerprint density at radius 2 is 2.00 bits per heavy atom. The first-order valence-corrected chi connectivity index (χ1v) is 7.56. The highest BCUT2D eigenvalue weighted by Gasteiger charge is 2.18. The number of halogens is 2. The number of aliphatic hydroxyl groups is 1. The van der Waals surface area contributed by atoms with Crippen LogP contribution in [0.15, 0.2) is 22.7 Å². The van der Waals surface area contributed by atoms with Gasteiger partial charge in [-0.05, 0) is 42.5 Å². The van der Waals surface area contributed by atoms with Crippen molar-refractivity contribution in [2.24, 2.45) is 5.92 Å². The van der Waals surface area contributed by atoms with Gasteiger partial charge in [0.2, 0.25) is 0 Å². The Balaban J connectivity index is 1.89. The maximum absolute atomic E-state index is 13.2. The highest BCUT2D eigenvalue weighted by Crippen LogP contribution is 2.29. The van der Waals surface area contributed by atoms with Crippen LogP contribution >= 0.6 is 15.9 Å². The van der Waals surface area contributed by atoms with E-state index in [1.54, 1.807) is 6.07 Å². The van der Waals surface area contributed by atoms with Crippen molar-refractivity contribution in [2.45, 2.75) is 51.0 Å². The van der Waals surface area contributed by atoms with Gasteiger partial charge in [-0.2, -0.15) is 0 Å². The number of benzene rings is 1. The zero-order chi connectivity index (χ0) is 13.0. The SMILES string of the molecule is OC(Cc1cc(F)ccc1Br)CC1CCCCC1. The summed E-state index contributed by atoms with van der Waals surface area (Å²) in [6.07, 6.45) is 7.43. The summed E-state index contributed by atoms with van der Waals surface area (Å²) in [7, 11) is 0. The van der Waals surface area contributed by atoms with Crippen LogP contribution in [0, 0.1) is 11.7 Å². The Bertz CT molecular complexity index is 388. The fraction of sp³-hybridized carbons (Fsp3) is 0.600. The molecular weight excluding hydrogens is 295 g/mol. The molecule has 3 heteroatoms. The van der Waals surface area contributed by atoms with Gasteiger partial charge in [0.25, 0.3) is 0 Å². The van der Waals surface area contributed by atoms with Gasteiger partial charge in [-0.1, -0.05) is 48.0 Å². The van der Waals surface area contributed by atoms with Crippen LogP contribution < -0.4 is 0 Å². The maximum Gasteiger partial charge on any atom is 0.123 e. The van der Waals surface area contributed by atoms with E-state index >= 15 is 0 Å². The van der Waals surface area contributed by atoms with Gasteiger partial charge in [0, 0.05) is 4.47 Å². The molecule has 1 aromatic carbocycles. The smallest absolute Gasteiger partial charge is 0.123 e. The second-order valence-electron chi connectivity index (χ2n) is 5.33. The topological polar surface area (TPSA) is 20.2 Å². The summed E-state index contributed by atoms with van der Waals surface area (Å²) in [4.78, 5) is 0. The Hall–Kier alpha value is -0.410. The van der Waals surface area contributed by atoms with E-state index < -0.39 is 0 Å². The van der Waals surface area contributed by atoms with Crippen molar-refractivity contribution in [1.29, 1.82) is 0 Å². The van der Waals surface area contributed by atoms with E-state index in [9.17, 15) is 9.50 Å². The van der Waals surface area contributed by atoms with Gasteiger partial charge in [-0.15, -0.1) is 0 Å². The van der Waals surface area contributed by atoms with Crippen molar-refractivity contribution in [1.82, 2.24) is 0 Å². The summed E-state index contributed by atoms with van der Waals surface area (Å²) >= 11 is 3.41. The summed E-state index contributed by atoms with van der Waals surface area (Å²) in [6, 6.07) is 4.65. The first-order valence-electron chi connectivity index (χ1n) is 6.77. The first kappa shape index (κ1) is 14.0. The maximum atomic E-state index is 13.2. The predicted octanol–water partition coefficient (Wildman–Crippen LogP) is 4.46. The molecule has 100 valence electrons. The summed E-state index contributed by atoms with van der Waals surface area (Å²) in [5.41, 5.74) is 0.860. The number of hydrogen-bond acceptors (Lipinski definition) is 1. The number of rotatable bonds is 4. The molecule has 0 bridgehead atoms. The van der Waals surface area contributed by atoms with E-state index in [0.717, 1.165) is 16.5 Å². The van der Waals surface area contributed by atoms with E-state index in [4.69, 9.17) is 0 Å². The molecule has 0 aromatic heterocycles. The molecule has 1 unspecified atom stereocenters. The second kappa shape index (κ2) is 6.67.